The standard InChI is InChI=1S/C15H24O/c1-12(9-10-16)11-13-5-7-14(8-6-13)15(2,3)4/h5-8,12,16H,9-11H2,1-4H3. The van der Waals surface area contributed by atoms with Crippen LogP contribution in [0, 0.1) is 5.92 Å². The summed E-state index contributed by atoms with van der Waals surface area (Å²) in [5.74, 6) is 0.561. The molecule has 1 unspecified atom stereocenters. The number of aliphatic hydroxyl groups is 1. The maximum absolute atomic E-state index is 8.87. The third-order valence-electron chi connectivity index (χ3n) is 3.03. The van der Waals surface area contributed by atoms with Crippen molar-refractivity contribution >= 4 is 0 Å². The van der Waals surface area contributed by atoms with Crippen LogP contribution in [0.15, 0.2) is 24.3 Å². The minimum absolute atomic E-state index is 0.231. The van der Waals surface area contributed by atoms with Crippen LogP contribution >= 0.6 is 0 Å². The van der Waals surface area contributed by atoms with E-state index in [-0.39, 0.29) is 5.41 Å². The van der Waals surface area contributed by atoms with Gasteiger partial charge in [0.1, 0.15) is 0 Å². The second-order valence-corrected chi connectivity index (χ2v) is 5.77. The molecule has 1 aromatic carbocycles. The van der Waals surface area contributed by atoms with Gasteiger partial charge in [-0.15, -0.1) is 0 Å². The van der Waals surface area contributed by atoms with E-state index in [2.05, 4.69) is 52.0 Å². The van der Waals surface area contributed by atoms with E-state index in [4.69, 9.17) is 5.11 Å². The average molecular weight is 220 g/mol. The van der Waals surface area contributed by atoms with Crippen molar-refractivity contribution in [3.63, 3.8) is 0 Å². The van der Waals surface area contributed by atoms with Gasteiger partial charge < -0.3 is 5.11 Å². The van der Waals surface area contributed by atoms with Crippen molar-refractivity contribution in [2.24, 2.45) is 5.92 Å². The fourth-order valence-electron chi connectivity index (χ4n) is 1.87. The summed E-state index contributed by atoms with van der Waals surface area (Å²) < 4.78 is 0. The van der Waals surface area contributed by atoms with E-state index in [1.165, 1.54) is 11.1 Å². The zero-order valence-corrected chi connectivity index (χ0v) is 11.0. The molecule has 90 valence electrons. The molecule has 0 saturated heterocycles. The lowest BCUT2D eigenvalue weighted by Crippen LogP contribution is -2.11. The number of rotatable bonds is 4. The highest BCUT2D eigenvalue weighted by molar-refractivity contribution is 5.27. The Morgan fingerprint density at radius 2 is 1.69 bits per heavy atom. The third-order valence-corrected chi connectivity index (χ3v) is 3.03. The molecule has 0 aromatic heterocycles. The van der Waals surface area contributed by atoms with Crippen molar-refractivity contribution in [2.75, 3.05) is 6.61 Å². The third kappa shape index (κ3) is 3.97. The molecule has 0 saturated carbocycles. The van der Waals surface area contributed by atoms with E-state index in [1.807, 2.05) is 0 Å². The first-order valence-corrected chi connectivity index (χ1v) is 6.13. The van der Waals surface area contributed by atoms with Gasteiger partial charge in [-0.05, 0) is 35.3 Å². The Labute approximate surface area is 99.5 Å². The average Bonchev–Trinajstić information content (AvgIpc) is 2.17. The fourth-order valence-corrected chi connectivity index (χ4v) is 1.87. The second kappa shape index (κ2) is 5.49. The molecule has 0 aliphatic heterocycles. The van der Waals surface area contributed by atoms with Crippen LogP contribution in [-0.4, -0.2) is 11.7 Å². The van der Waals surface area contributed by atoms with Gasteiger partial charge in [-0.3, -0.25) is 0 Å². The van der Waals surface area contributed by atoms with Gasteiger partial charge in [0.2, 0.25) is 0 Å². The van der Waals surface area contributed by atoms with Gasteiger partial charge in [0.15, 0.2) is 0 Å². The molecule has 0 radical (unpaired) electrons. The topological polar surface area (TPSA) is 20.2 Å². The summed E-state index contributed by atoms with van der Waals surface area (Å²) in [6.45, 7) is 9.18. The second-order valence-electron chi connectivity index (χ2n) is 5.77. The maximum atomic E-state index is 8.87. The smallest absolute Gasteiger partial charge is 0.0433 e. The minimum Gasteiger partial charge on any atom is -0.396 e. The zero-order valence-electron chi connectivity index (χ0n) is 11.0. The van der Waals surface area contributed by atoms with Gasteiger partial charge in [-0.1, -0.05) is 52.0 Å². The summed E-state index contributed by atoms with van der Waals surface area (Å²) in [5, 5.41) is 8.87. The summed E-state index contributed by atoms with van der Waals surface area (Å²) in [5.41, 5.74) is 2.98. The molecule has 1 heteroatoms. The van der Waals surface area contributed by atoms with Crippen molar-refractivity contribution in [1.29, 1.82) is 0 Å². The molecule has 0 heterocycles. The van der Waals surface area contributed by atoms with Crippen molar-refractivity contribution < 1.29 is 5.11 Å². The molecular formula is C15H24O. The number of hydrogen-bond donors (Lipinski definition) is 1. The van der Waals surface area contributed by atoms with Crippen LogP contribution in [0.4, 0.5) is 0 Å². The molecule has 1 rings (SSSR count). The van der Waals surface area contributed by atoms with E-state index in [0.717, 1.165) is 12.8 Å². The summed E-state index contributed by atoms with van der Waals surface area (Å²) >= 11 is 0. The molecule has 1 atom stereocenters. The number of hydrogen-bond acceptors (Lipinski definition) is 1. The predicted octanol–water partition coefficient (Wildman–Crippen LogP) is 3.55. The van der Waals surface area contributed by atoms with E-state index >= 15 is 0 Å². The fraction of sp³-hybridized carbons (Fsp3) is 0.600. The number of benzene rings is 1. The maximum Gasteiger partial charge on any atom is 0.0433 e. The van der Waals surface area contributed by atoms with Crippen LogP contribution in [0.3, 0.4) is 0 Å². The van der Waals surface area contributed by atoms with Crippen LogP contribution in [0.5, 0.6) is 0 Å². The van der Waals surface area contributed by atoms with Crippen LogP contribution in [0.2, 0.25) is 0 Å². The van der Waals surface area contributed by atoms with Crippen LogP contribution in [-0.2, 0) is 11.8 Å². The van der Waals surface area contributed by atoms with Crippen LogP contribution in [0.1, 0.15) is 45.2 Å². The summed E-state index contributed by atoms with van der Waals surface area (Å²) in [4.78, 5) is 0. The van der Waals surface area contributed by atoms with Gasteiger partial charge in [0.05, 0.1) is 0 Å². The van der Waals surface area contributed by atoms with Gasteiger partial charge in [-0.25, -0.2) is 0 Å². The molecular weight excluding hydrogens is 196 g/mol. The Morgan fingerprint density at radius 3 is 2.12 bits per heavy atom. The molecule has 0 fully saturated rings. The predicted molar refractivity (Wildman–Crippen MR) is 69.7 cm³/mol. The molecule has 0 aliphatic rings. The van der Waals surface area contributed by atoms with Gasteiger partial charge >= 0.3 is 0 Å². The first-order chi connectivity index (χ1) is 7.43. The highest BCUT2D eigenvalue weighted by Crippen LogP contribution is 2.23. The Balaban J connectivity index is 2.65. The molecule has 0 bridgehead atoms. The lowest BCUT2D eigenvalue weighted by atomic mass is 9.86. The lowest BCUT2D eigenvalue weighted by molar-refractivity contribution is 0.262. The molecule has 0 amide bonds. The van der Waals surface area contributed by atoms with Crippen molar-refractivity contribution in [1.82, 2.24) is 0 Å². The van der Waals surface area contributed by atoms with Gasteiger partial charge in [0, 0.05) is 6.61 Å². The highest BCUT2D eigenvalue weighted by atomic mass is 16.3. The van der Waals surface area contributed by atoms with Gasteiger partial charge in [-0.2, -0.15) is 0 Å². The first kappa shape index (κ1) is 13.2. The Hall–Kier alpha value is -0.820. The van der Waals surface area contributed by atoms with Crippen molar-refractivity contribution in [3.8, 4) is 0 Å². The SMILES string of the molecule is CC(CCO)Cc1ccc(C(C)(C)C)cc1. The van der Waals surface area contributed by atoms with Gasteiger partial charge in [0.25, 0.3) is 0 Å². The normalized spacial score (nSPS) is 13.8. The lowest BCUT2D eigenvalue weighted by Gasteiger charge is -2.19. The largest absolute Gasteiger partial charge is 0.396 e. The zero-order chi connectivity index (χ0) is 12.2. The monoisotopic (exact) mass is 220 g/mol. The molecule has 1 aromatic rings. The Morgan fingerprint density at radius 1 is 1.12 bits per heavy atom. The molecule has 0 aliphatic carbocycles. The Kier molecular flexibility index (Phi) is 4.55. The minimum atomic E-state index is 0.231. The van der Waals surface area contributed by atoms with Crippen molar-refractivity contribution in [2.45, 2.75) is 46.0 Å². The van der Waals surface area contributed by atoms with Crippen molar-refractivity contribution in [3.05, 3.63) is 35.4 Å². The number of aliphatic hydroxyl groups excluding tert-OH is 1. The van der Waals surface area contributed by atoms with E-state index < -0.39 is 0 Å². The van der Waals surface area contributed by atoms with E-state index in [9.17, 15) is 0 Å². The van der Waals surface area contributed by atoms with Crippen LogP contribution in [0.25, 0.3) is 0 Å². The highest BCUT2D eigenvalue weighted by Gasteiger charge is 2.13. The summed E-state index contributed by atoms with van der Waals surface area (Å²) in [6, 6.07) is 8.88. The summed E-state index contributed by atoms with van der Waals surface area (Å²) in [7, 11) is 0. The molecule has 1 N–H and O–H groups in total. The summed E-state index contributed by atoms with van der Waals surface area (Å²) in [6.07, 6.45) is 1.95. The molecule has 1 nitrogen and oxygen atoms in total. The first-order valence-electron chi connectivity index (χ1n) is 6.13. The van der Waals surface area contributed by atoms with Crippen LogP contribution < -0.4 is 0 Å². The quantitative estimate of drug-likeness (QED) is 0.822. The van der Waals surface area contributed by atoms with E-state index in [0.29, 0.717) is 12.5 Å². The molecule has 0 spiro atoms. The molecule has 16 heavy (non-hydrogen) atoms. The Bertz CT molecular complexity index is 305. The van der Waals surface area contributed by atoms with E-state index in [1.54, 1.807) is 0 Å².